The molecule has 0 bridgehead atoms. The highest BCUT2D eigenvalue weighted by atomic mass is 35.5. The maximum absolute atomic E-state index is 5.86. The topological polar surface area (TPSA) is 26.0 Å². The number of nitrogen functional groups attached to an aromatic ring is 1. The van der Waals surface area contributed by atoms with E-state index in [0.29, 0.717) is 21.6 Å². The predicted molar refractivity (Wildman–Crippen MR) is 65.2 cm³/mol. The van der Waals surface area contributed by atoms with Crippen LogP contribution >= 0.6 is 34.8 Å². The highest BCUT2D eigenvalue weighted by Gasteiger charge is 2.02. The van der Waals surface area contributed by atoms with Crippen LogP contribution in [-0.2, 0) is 0 Å². The van der Waals surface area contributed by atoms with Crippen LogP contribution in [0.1, 0.15) is 12.0 Å². The number of alkyl halides is 1. The van der Waals surface area contributed by atoms with E-state index in [1.807, 2.05) is 12.2 Å². The Morgan fingerprint density at radius 1 is 1.29 bits per heavy atom. The van der Waals surface area contributed by atoms with E-state index >= 15 is 0 Å². The highest BCUT2D eigenvalue weighted by molar-refractivity contribution is 6.36. The summed E-state index contributed by atoms with van der Waals surface area (Å²) < 4.78 is 0. The zero-order chi connectivity index (χ0) is 10.6. The van der Waals surface area contributed by atoms with Crippen LogP contribution in [0, 0.1) is 0 Å². The lowest BCUT2D eigenvalue weighted by Crippen LogP contribution is -1.90. The van der Waals surface area contributed by atoms with E-state index in [4.69, 9.17) is 40.5 Å². The van der Waals surface area contributed by atoms with Gasteiger partial charge in [0.2, 0.25) is 0 Å². The third-order valence-electron chi connectivity index (χ3n) is 1.70. The zero-order valence-corrected chi connectivity index (χ0v) is 9.70. The molecule has 1 aromatic carbocycles. The van der Waals surface area contributed by atoms with Crippen molar-refractivity contribution in [2.45, 2.75) is 6.42 Å². The van der Waals surface area contributed by atoms with E-state index in [1.54, 1.807) is 12.1 Å². The molecule has 0 amide bonds. The van der Waals surface area contributed by atoms with Gasteiger partial charge in [-0.25, -0.2) is 0 Å². The summed E-state index contributed by atoms with van der Waals surface area (Å²) in [6, 6.07) is 3.39. The van der Waals surface area contributed by atoms with E-state index in [-0.39, 0.29) is 0 Å². The number of hydrogen-bond donors (Lipinski definition) is 1. The van der Waals surface area contributed by atoms with Crippen molar-refractivity contribution in [2.24, 2.45) is 0 Å². The quantitative estimate of drug-likeness (QED) is 0.631. The Morgan fingerprint density at radius 3 is 2.64 bits per heavy atom. The Kier molecular flexibility index (Phi) is 4.59. The third kappa shape index (κ3) is 3.09. The second-order valence-corrected chi connectivity index (χ2v) is 3.99. The molecule has 0 aliphatic heterocycles. The lowest BCUT2D eigenvalue weighted by Gasteiger charge is -2.03. The van der Waals surface area contributed by atoms with Gasteiger partial charge in [0, 0.05) is 16.5 Å². The van der Waals surface area contributed by atoms with Gasteiger partial charge >= 0.3 is 0 Å². The van der Waals surface area contributed by atoms with Gasteiger partial charge in [-0.1, -0.05) is 35.4 Å². The molecule has 0 aromatic heterocycles. The van der Waals surface area contributed by atoms with Gasteiger partial charge in [0.25, 0.3) is 0 Å². The molecule has 76 valence electrons. The summed E-state index contributed by atoms with van der Waals surface area (Å²) in [4.78, 5) is 0. The van der Waals surface area contributed by atoms with Gasteiger partial charge in [0.15, 0.2) is 0 Å². The first-order valence-electron chi connectivity index (χ1n) is 4.12. The summed E-state index contributed by atoms with van der Waals surface area (Å²) in [5.41, 5.74) is 7.13. The van der Waals surface area contributed by atoms with Gasteiger partial charge in [-0.05, 0) is 18.6 Å². The van der Waals surface area contributed by atoms with Crippen LogP contribution < -0.4 is 5.73 Å². The molecular weight excluding hydrogens is 240 g/mol. The lowest BCUT2D eigenvalue weighted by molar-refractivity contribution is 1.24. The average molecular weight is 251 g/mol. The number of rotatable bonds is 3. The van der Waals surface area contributed by atoms with Crippen LogP contribution in [0.4, 0.5) is 5.69 Å². The fourth-order valence-electron chi connectivity index (χ4n) is 1.02. The number of halogens is 3. The summed E-state index contributed by atoms with van der Waals surface area (Å²) in [6.07, 6.45) is 4.60. The molecule has 0 aliphatic rings. The van der Waals surface area contributed by atoms with Crippen molar-refractivity contribution in [3.05, 3.63) is 33.8 Å². The summed E-state index contributed by atoms with van der Waals surface area (Å²) in [6.45, 7) is 0. The van der Waals surface area contributed by atoms with Gasteiger partial charge in [-0.15, -0.1) is 11.6 Å². The molecule has 1 nitrogen and oxygen atoms in total. The first kappa shape index (κ1) is 11.7. The zero-order valence-electron chi connectivity index (χ0n) is 7.43. The Hall–Kier alpha value is -0.370. The summed E-state index contributed by atoms with van der Waals surface area (Å²) in [7, 11) is 0. The monoisotopic (exact) mass is 249 g/mol. The minimum atomic E-state index is 0.475. The summed E-state index contributed by atoms with van der Waals surface area (Å²) in [5.74, 6) is 0.588. The van der Waals surface area contributed by atoms with Crippen LogP contribution in [0.25, 0.3) is 6.08 Å². The van der Waals surface area contributed by atoms with Gasteiger partial charge in [0.1, 0.15) is 0 Å². The fourth-order valence-corrected chi connectivity index (χ4v) is 1.65. The third-order valence-corrected chi connectivity index (χ3v) is 2.45. The van der Waals surface area contributed by atoms with Gasteiger partial charge in [0.05, 0.1) is 10.7 Å². The van der Waals surface area contributed by atoms with Gasteiger partial charge in [-0.3, -0.25) is 0 Å². The Balaban J connectivity index is 2.96. The van der Waals surface area contributed by atoms with Crippen molar-refractivity contribution in [1.82, 2.24) is 0 Å². The van der Waals surface area contributed by atoms with Crippen LogP contribution in [-0.4, -0.2) is 5.88 Å². The van der Waals surface area contributed by atoms with Gasteiger partial charge in [-0.2, -0.15) is 0 Å². The fraction of sp³-hybridized carbons (Fsp3) is 0.200. The van der Waals surface area contributed by atoms with E-state index in [9.17, 15) is 0 Å². The minimum absolute atomic E-state index is 0.475. The maximum atomic E-state index is 5.86. The van der Waals surface area contributed by atoms with Crippen molar-refractivity contribution >= 4 is 46.6 Å². The molecule has 0 aliphatic carbocycles. The van der Waals surface area contributed by atoms with E-state index in [2.05, 4.69) is 0 Å². The van der Waals surface area contributed by atoms with Crippen LogP contribution in [0.2, 0.25) is 10.0 Å². The molecule has 0 saturated heterocycles. The van der Waals surface area contributed by atoms with Crippen LogP contribution in [0.5, 0.6) is 0 Å². The largest absolute Gasteiger partial charge is 0.397 e. The smallest absolute Gasteiger partial charge is 0.0656 e. The molecule has 14 heavy (non-hydrogen) atoms. The summed E-state index contributed by atoms with van der Waals surface area (Å²) >= 11 is 17.2. The van der Waals surface area contributed by atoms with E-state index in [1.165, 1.54) is 0 Å². The van der Waals surface area contributed by atoms with Crippen LogP contribution in [0.15, 0.2) is 18.2 Å². The second kappa shape index (κ2) is 5.50. The SMILES string of the molecule is Nc1c(Cl)cc(Cl)cc1C=CCCCl. The first-order valence-corrected chi connectivity index (χ1v) is 5.41. The normalized spacial score (nSPS) is 11.1. The van der Waals surface area contributed by atoms with Crippen molar-refractivity contribution < 1.29 is 0 Å². The number of anilines is 1. The van der Waals surface area contributed by atoms with Crippen molar-refractivity contribution in [3.8, 4) is 0 Å². The number of nitrogens with two attached hydrogens (primary N) is 1. The molecule has 2 N–H and O–H groups in total. The van der Waals surface area contributed by atoms with Crippen LogP contribution in [0.3, 0.4) is 0 Å². The first-order chi connectivity index (χ1) is 6.65. The molecule has 0 radical (unpaired) electrons. The Bertz CT molecular complexity index is 347. The molecule has 0 unspecified atom stereocenters. The number of benzene rings is 1. The molecule has 0 atom stereocenters. The van der Waals surface area contributed by atoms with Gasteiger partial charge < -0.3 is 5.73 Å². The minimum Gasteiger partial charge on any atom is -0.397 e. The van der Waals surface area contributed by atoms with E-state index < -0.39 is 0 Å². The number of allylic oxidation sites excluding steroid dienone is 1. The Morgan fingerprint density at radius 2 is 2.00 bits per heavy atom. The van der Waals surface area contributed by atoms with Crippen molar-refractivity contribution in [2.75, 3.05) is 11.6 Å². The maximum Gasteiger partial charge on any atom is 0.0656 e. The lowest BCUT2D eigenvalue weighted by atomic mass is 10.1. The molecule has 1 rings (SSSR count). The molecular formula is C10H10Cl3N. The highest BCUT2D eigenvalue weighted by Crippen LogP contribution is 2.28. The van der Waals surface area contributed by atoms with Crippen molar-refractivity contribution in [3.63, 3.8) is 0 Å². The summed E-state index contributed by atoms with van der Waals surface area (Å²) in [5, 5.41) is 1.05. The molecule has 1 aromatic rings. The Labute approximate surface area is 98.5 Å². The molecule has 0 spiro atoms. The average Bonchev–Trinajstić information content (AvgIpc) is 2.13. The van der Waals surface area contributed by atoms with E-state index in [0.717, 1.165) is 12.0 Å². The molecule has 4 heteroatoms. The molecule has 0 fully saturated rings. The predicted octanol–water partition coefficient (Wildman–Crippen LogP) is 4.22. The number of hydrogen-bond acceptors (Lipinski definition) is 1. The molecule has 0 heterocycles. The van der Waals surface area contributed by atoms with Crippen molar-refractivity contribution in [1.29, 1.82) is 0 Å². The standard InChI is InChI=1S/C10H10Cl3N/c11-4-2-1-3-7-5-8(12)6-9(13)10(7)14/h1,3,5-6H,2,4,14H2. The second-order valence-electron chi connectivity index (χ2n) is 2.77. The molecule has 0 saturated carbocycles.